The molecule has 1 saturated heterocycles. The Hall–Kier alpha value is -2.03. The molecule has 1 fully saturated rings. The van der Waals surface area contributed by atoms with Crippen LogP contribution in [-0.4, -0.2) is 52.4 Å². The first-order valence-corrected chi connectivity index (χ1v) is 9.87. The number of aromatic nitrogens is 3. The molecule has 138 valence electrons. The van der Waals surface area contributed by atoms with Gasteiger partial charge < -0.3 is 14.9 Å². The van der Waals surface area contributed by atoms with E-state index < -0.39 is 0 Å². The maximum atomic E-state index is 13.9. The number of benzene rings is 1. The normalized spacial score (nSPS) is 22.0. The summed E-state index contributed by atoms with van der Waals surface area (Å²) in [5, 5.41) is 15.1. The Labute approximate surface area is 155 Å². The molecule has 0 radical (unpaired) electrons. The predicted octanol–water partition coefficient (Wildman–Crippen LogP) is -0.163. The summed E-state index contributed by atoms with van der Waals surface area (Å²) in [6.07, 6.45) is 0. The van der Waals surface area contributed by atoms with E-state index in [9.17, 15) is 9.50 Å². The molecule has 1 aliphatic rings. The van der Waals surface area contributed by atoms with Crippen LogP contribution in [0.5, 0.6) is 5.88 Å². The highest BCUT2D eigenvalue weighted by Gasteiger charge is 2.36. The summed E-state index contributed by atoms with van der Waals surface area (Å²) in [5.41, 5.74) is 0.886. The Balaban J connectivity index is 1.77. The molecule has 0 amide bonds. The van der Waals surface area contributed by atoms with E-state index in [0.29, 0.717) is 10.8 Å². The number of halogens is 1. The molecule has 0 spiro atoms. The molecule has 3 heterocycles. The number of hydrogen-bond donors (Lipinski definition) is 3. The van der Waals surface area contributed by atoms with Crippen LogP contribution in [0.4, 0.5) is 4.39 Å². The summed E-state index contributed by atoms with van der Waals surface area (Å²) in [6.45, 7) is 9.27. The SMILES string of the molecule is CC[NH+]1CC[NH+]([C@@H](c2cccc(F)c2)c2sc3nc(C)nn3c2O)CC1. The second-order valence-corrected chi connectivity index (χ2v) is 7.90. The van der Waals surface area contributed by atoms with Crippen LogP contribution in [-0.2, 0) is 0 Å². The highest BCUT2D eigenvalue weighted by Crippen LogP contribution is 2.35. The highest BCUT2D eigenvalue weighted by molar-refractivity contribution is 7.17. The maximum absolute atomic E-state index is 13.9. The molecule has 0 bridgehead atoms. The molecule has 3 aromatic rings. The fourth-order valence-electron chi connectivity index (χ4n) is 3.86. The van der Waals surface area contributed by atoms with Gasteiger partial charge in [-0.1, -0.05) is 23.5 Å². The van der Waals surface area contributed by atoms with Crippen LogP contribution in [0.15, 0.2) is 24.3 Å². The van der Waals surface area contributed by atoms with Gasteiger partial charge in [0.15, 0.2) is 6.04 Å². The third-order valence-corrected chi connectivity index (χ3v) is 6.34. The van der Waals surface area contributed by atoms with E-state index in [0.717, 1.165) is 43.2 Å². The second-order valence-electron chi connectivity index (χ2n) is 6.89. The van der Waals surface area contributed by atoms with E-state index in [1.54, 1.807) is 24.0 Å². The third kappa shape index (κ3) is 3.08. The van der Waals surface area contributed by atoms with Crippen molar-refractivity contribution in [1.29, 1.82) is 0 Å². The fraction of sp³-hybridized carbons (Fsp3) is 0.444. The van der Waals surface area contributed by atoms with Crippen molar-refractivity contribution in [3.05, 3.63) is 46.3 Å². The summed E-state index contributed by atoms with van der Waals surface area (Å²) in [5.74, 6) is 0.505. The van der Waals surface area contributed by atoms with E-state index in [-0.39, 0.29) is 17.7 Å². The average Bonchev–Trinajstić information content (AvgIpc) is 3.14. The molecular formula is C18H24FN5OS+2. The van der Waals surface area contributed by atoms with Gasteiger partial charge in [-0.3, -0.25) is 0 Å². The molecule has 26 heavy (non-hydrogen) atoms. The number of nitrogens with one attached hydrogen (secondary N) is 2. The van der Waals surface area contributed by atoms with Crippen molar-refractivity contribution in [2.24, 2.45) is 0 Å². The standard InChI is InChI=1S/C18H22FN5OS/c1-3-22-7-9-23(10-8-22)15(13-5-4-6-14(19)11-13)16-17(25)24-18(26-16)20-12(2)21-24/h4-6,11,15,25H,3,7-10H2,1-2H3/p+2/t15-/m0/s1. The number of thiazole rings is 1. The molecule has 1 aliphatic heterocycles. The Morgan fingerprint density at radius 3 is 2.73 bits per heavy atom. The first-order valence-electron chi connectivity index (χ1n) is 9.05. The second kappa shape index (κ2) is 6.94. The Kier molecular flexibility index (Phi) is 4.64. The van der Waals surface area contributed by atoms with Gasteiger partial charge >= 0.3 is 0 Å². The van der Waals surface area contributed by atoms with Gasteiger partial charge in [0.25, 0.3) is 0 Å². The summed E-state index contributed by atoms with van der Waals surface area (Å²) >= 11 is 1.44. The van der Waals surface area contributed by atoms with Crippen molar-refractivity contribution in [3.63, 3.8) is 0 Å². The number of piperazine rings is 1. The lowest BCUT2D eigenvalue weighted by Gasteiger charge is -2.34. The molecule has 4 rings (SSSR count). The molecule has 6 nitrogen and oxygen atoms in total. The van der Waals surface area contributed by atoms with Gasteiger partial charge in [-0.25, -0.2) is 9.37 Å². The van der Waals surface area contributed by atoms with Crippen molar-refractivity contribution < 1.29 is 19.3 Å². The van der Waals surface area contributed by atoms with E-state index in [1.807, 2.05) is 6.07 Å². The van der Waals surface area contributed by atoms with Crippen molar-refractivity contribution >= 4 is 16.3 Å². The molecule has 0 saturated carbocycles. The van der Waals surface area contributed by atoms with Gasteiger partial charge in [-0.2, -0.15) is 4.52 Å². The maximum Gasteiger partial charge on any atom is 0.235 e. The minimum absolute atomic E-state index is 0.113. The molecule has 8 heteroatoms. The zero-order chi connectivity index (χ0) is 18.3. The third-order valence-electron chi connectivity index (χ3n) is 5.26. The van der Waals surface area contributed by atoms with Crippen molar-refractivity contribution in [2.75, 3.05) is 32.7 Å². The molecule has 2 aromatic heterocycles. The van der Waals surface area contributed by atoms with Crippen LogP contribution in [0.2, 0.25) is 0 Å². The Morgan fingerprint density at radius 1 is 1.31 bits per heavy atom. The lowest BCUT2D eigenvalue weighted by atomic mass is 10.0. The number of quaternary nitrogens is 2. The number of hydrogen-bond acceptors (Lipinski definition) is 4. The van der Waals surface area contributed by atoms with Gasteiger partial charge in [0.1, 0.15) is 42.7 Å². The molecule has 1 aromatic carbocycles. The van der Waals surface area contributed by atoms with Crippen LogP contribution in [0, 0.1) is 12.7 Å². The van der Waals surface area contributed by atoms with Crippen LogP contribution >= 0.6 is 11.3 Å². The topological polar surface area (TPSA) is 59.3 Å². The Bertz CT molecular complexity index is 916. The van der Waals surface area contributed by atoms with E-state index in [1.165, 1.54) is 26.8 Å². The van der Waals surface area contributed by atoms with Crippen LogP contribution in [0.25, 0.3) is 4.96 Å². The fourth-order valence-corrected chi connectivity index (χ4v) is 5.05. The van der Waals surface area contributed by atoms with Crippen LogP contribution in [0.1, 0.15) is 29.2 Å². The van der Waals surface area contributed by atoms with E-state index in [2.05, 4.69) is 17.0 Å². The van der Waals surface area contributed by atoms with Crippen LogP contribution in [0.3, 0.4) is 0 Å². The van der Waals surface area contributed by atoms with E-state index in [4.69, 9.17) is 0 Å². The molecule has 3 N–H and O–H groups in total. The number of fused-ring (bicyclic) bond motifs is 1. The first-order chi connectivity index (χ1) is 12.6. The lowest BCUT2D eigenvalue weighted by Crippen LogP contribution is -3.28. The number of nitrogens with zero attached hydrogens (tertiary/aromatic N) is 3. The van der Waals surface area contributed by atoms with Gasteiger partial charge in [0, 0.05) is 5.56 Å². The number of aryl methyl sites for hydroxylation is 1. The molecule has 1 atom stereocenters. The van der Waals surface area contributed by atoms with Crippen LogP contribution < -0.4 is 9.80 Å². The summed E-state index contributed by atoms with van der Waals surface area (Å²) in [7, 11) is 0. The van der Waals surface area contributed by atoms with Crippen molar-refractivity contribution in [3.8, 4) is 5.88 Å². The van der Waals surface area contributed by atoms with Gasteiger partial charge in [0.2, 0.25) is 10.8 Å². The Morgan fingerprint density at radius 2 is 2.08 bits per heavy atom. The minimum atomic E-state index is -0.250. The quantitative estimate of drug-likeness (QED) is 0.592. The first kappa shape index (κ1) is 17.4. The predicted molar refractivity (Wildman–Crippen MR) is 97.4 cm³/mol. The summed E-state index contributed by atoms with van der Waals surface area (Å²) in [4.78, 5) is 8.81. The van der Waals surface area contributed by atoms with Gasteiger partial charge in [-0.05, 0) is 26.0 Å². The summed E-state index contributed by atoms with van der Waals surface area (Å²) in [6, 6.07) is 6.61. The molecular weight excluding hydrogens is 353 g/mol. The van der Waals surface area contributed by atoms with Crippen molar-refractivity contribution in [2.45, 2.75) is 19.9 Å². The van der Waals surface area contributed by atoms with E-state index >= 15 is 0 Å². The average molecular weight is 377 g/mol. The smallest absolute Gasteiger partial charge is 0.235 e. The van der Waals surface area contributed by atoms with Gasteiger partial charge in [0.05, 0.1) is 6.54 Å². The largest absolute Gasteiger partial charge is 0.492 e. The molecule has 0 aliphatic carbocycles. The van der Waals surface area contributed by atoms with Gasteiger partial charge in [-0.15, -0.1) is 5.10 Å². The summed E-state index contributed by atoms with van der Waals surface area (Å²) < 4.78 is 15.4. The highest BCUT2D eigenvalue weighted by atomic mass is 32.1. The zero-order valence-corrected chi connectivity index (χ0v) is 15.8. The van der Waals surface area contributed by atoms with Crippen molar-refractivity contribution in [1.82, 2.24) is 14.6 Å². The monoisotopic (exact) mass is 377 g/mol. The number of likely N-dealkylation sites (N-methyl/N-ethyl adjacent to an activating group) is 1. The minimum Gasteiger partial charge on any atom is -0.492 e. The molecule has 0 unspecified atom stereocenters. The lowest BCUT2D eigenvalue weighted by molar-refractivity contribution is -1.02. The number of aromatic hydroxyl groups is 1. The number of rotatable bonds is 4. The zero-order valence-electron chi connectivity index (χ0n) is 15.0.